The van der Waals surface area contributed by atoms with Crippen LogP contribution in [-0.4, -0.2) is 11.9 Å². The van der Waals surface area contributed by atoms with Crippen LogP contribution in [0.1, 0.15) is 19.4 Å². The first-order chi connectivity index (χ1) is 4.39. The van der Waals surface area contributed by atoms with Crippen LogP contribution >= 0.6 is 0 Å². The molecule has 0 aliphatic carbocycles. The molecule has 0 N–H and O–H groups in total. The van der Waals surface area contributed by atoms with Gasteiger partial charge < -0.3 is 0 Å². The molecule has 0 aliphatic rings. The molecule has 0 bridgehead atoms. The van der Waals surface area contributed by atoms with E-state index in [-0.39, 0.29) is 0 Å². The molecule has 2 heteroatoms. The van der Waals surface area contributed by atoms with E-state index in [9.17, 15) is 0 Å². The van der Waals surface area contributed by atoms with E-state index < -0.39 is 0 Å². The normalized spacial score (nSPS) is 7.00. The first-order valence-corrected chi connectivity index (χ1v) is 3.26. The fourth-order valence-electron chi connectivity index (χ4n) is 0.426. The van der Waals surface area contributed by atoms with Crippen molar-refractivity contribution in [2.75, 3.05) is 0 Å². The molecular weight excluding hydrogens is 109 g/mol. The van der Waals surface area contributed by atoms with Gasteiger partial charge in [0, 0.05) is 0 Å². The van der Waals surface area contributed by atoms with Crippen molar-refractivity contribution in [1.82, 2.24) is 4.89 Å². The Morgan fingerprint density at radius 3 is 2.33 bits per heavy atom. The second-order valence-electron chi connectivity index (χ2n) is 1.52. The Hall–Kier alpha value is -0.655. The SMILES string of the molecule is CC.Cc1cbncc1. The van der Waals surface area contributed by atoms with E-state index in [1.165, 1.54) is 5.56 Å². The van der Waals surface area contributed by atoms with Crippen LogP contribution in [0, 0.1) is 6.92 Å². The molecule has 1 heterocycles. The van der Waals surface area contributed by atoms with E-state index in [1.807, 2.05) is 32.8 Å². The molecule has 1 aromatic heterocycles. The van der Waals surface area contributed by atoms with Gasteiger partial charge in [0.05, 0.1) is 0 Å². The first-order valence-electron chi connectivity index (χ1n) is 3.26. The zero-order valence-corrected chi connectivity index (χ0v) is 6.26. The molecular formula is C7H12BN. The number of hydrogen-bond donors (Lipinski definition) is 0. The molecule has 0 atom stereocenters. The molecule has 0 saturated carbocycles. The summed E-state index contributed by atoms with van der Waals surface area (Å²) in [7, 11) is 1.79. The Bertz CT molecular complexity index is 139. The zero-order valence-electron chi connectivity index (χ0n) is 6.26. The fourth-order valence-corrected chi connectivity index (χ4v) is 0.426. The minimum absolute atomic E-state index is 1.26. The van der Waals surface area contributed by atoms with E-state index in [0.717, 1.165) is 0 Å². The Kier molecular flexibility index (Phi) is 5.08. The van der Waals surface area contributed by atoms with Gasteiger partial charge in [-0.05, 0) is 0 Å². The van der Waals surface area contributed by atoms with Crippen molar-refractivity contribution in [3.05, 3.63) is 23.8 Å². The molecule has 0 fully saturated rings. The Balaban J connectivity index is 0.000000291. The molecule has 0 spiro atoms. The summed E-state index contributed by atoms with van der Waals surface area (Å²) >= 11 is 0. The van der Waals surface area contributed by atoms with Crippen molar-refractivity contribution in [2.24, 2.45) is 0 Å². The predicted molar refractivity (Wildman–Crippen MR) is 41.7 cm³/mol. The van der Waals surface area contributed by atoms with Crippen molar-refractivity contribution in [1.29, 1.82) is 0 Å². The molecule has 48 valence electrons. The van der Waals surface area contributed by atoms with Crippen molar-refractivity contribution in [2.45, 2.75) is 20.8 Å². The number of aryl methyl sites for hydroxylation is 1. The van der Waals surface area contributed by atoms with Gasteiger partial charge in [0.15, 0.2) is 0 Å². The standard InChI is InChI=1S/C5H6BN.C2H6/c1-5-2-3-7-6-4-5;1-2/h2-4H,1H3;1-2H3. The molecule has 0 saturated heterocycles. The summed E-state index contributed by atoms with van der Waals surface area (Å²) in [5, 5.41) is 0. The monoisotopic (exact) mass is 121 g/mol. The number of nitrogens with zero attached hydrogens (tertiary/aromatic N) is 1. The van der Waals surface area contributed by atoms with E-state index in [4.69, 9.17) is 0 Å². The first kappa shape index (κ1) is 8.34. The van der Waals surface area contributed by atoms with Crippen LogP contribution in [0.3, 0.4) is 0 Å². The van der Waals surface area contributed by atoms with E-state index in [2.05, 4.69) is 4.89 Å². The van der Waals surface area contributed by atoms with Crippen LogP contribution in [0.4, 0.5) is 0 Å². The molecule has 0 aliphatic heterocycles. The van der Waals surface area contributed by atoms with Crippen LogP contribution in [0.5, 0.6) is 0 Å². The third-order valence-corrected chi connectivity index (χ3v) is 0.847. The predicted octanol–water partition coefficient (Wildman–Crippen LogP) is 1.75. The number of hydrogen-bond acceptors (Lipinski definition) is 1. The maximum atomic E-state index is 3.85. The van der Waals surface area contributed by atoms with Crippen LogP contribution in [0.2, 0.25) is 0 Å². The molecule has 1 aromatic rings. The van der Waals surface area contributed by atoms with Gasteiger partial charge in [-0.1, -0.05) is 13.8 Å². The van der Waals surface area contributed by atoms with E-state index in [1.54, 1.807) is 13.2 Å². The van der Waals surface area contributed by atoms with Crippen LogP contribution in [-0.2, 0) is 0 Å². The van der Waals surface area contributed by atoms with Gasteiger partial charge in [0.1, 0.15) is 0 Å². The summed E-state index contributed by atoms with van der Waals surface area (Å²) in [5.74, 6) is 1.97. The van der Waals surface area contributed by atoms with Gasteiger partial charge in [-0.25, -0.2) is 0 Å². The van der Waals surface area contributed by atoms with Gasteiger partial charge in [0.25, 0.3) is 0 Å². The van der Waals surface area contributed by atoms with Gasteiger partial charge >= 0.3 is 42.7 Å². The fraction of sp³-hybridized carbons (Fsp3) is 0.429. The summed E-state index contributed by atoms with van der Waals surface area (Å²) in [6, 6.07) is 1.97. The molecule has 0 radical (unpaired) electrons. The second-order valence-corrected chi connectivity index (χ2v) is 1.52. The van der Waals surface area contributed by atoms with E-state index in [0.29, 0.717) is 0 Å². The van der Waals surface area contributed by atoms with Gasteiger partial charge in [-0.2, -0.15) is 0 Å². The Morgan fingerprint density at radius 1 is 1.44 bits per heavy atom. The number of aromatic nitrogens is 1. The Labute approximate surface area is 57.4 Å². The van der Waals surface area contributed by atoms with Crippen molar-refractivity contribution in [3.8, 4) is 0 Å². The zero-order chi connectivity index (χ0) is 7.11. The molecule has 9 heavy (non-hydrogen) atoms. The second kappa shape index (κ2) is 5.48. The molecule has 1 nitrogen and oxygen atoms in total. The average Bonchev–Trinajstić information content (AvgIpc) is 1.94. The van der Waals surface area contributed by atoms with Crippen molar-refractivity contribution < 1.29 is 0 Å². The molecule has 0 amide bonds. The minimum atomic E-state index is 1.26. The van der Waals surface area contributed by atoms with Crippen molar-refractivity contribution >= 4 is 7.05 Å². The quantitative estimate of drug-likeness (QED) is 0.509. The maximum absolute atomic E-state index is 3.85. The molecule has 0 unspecified atom stereocenters. The third-order valence-electron chi connectivity index (χ3n) is 0.847. The Morgan fingerprint density at radius 2 is 2.11 bits per heavy atom. The van der Waals surface area contributed by atoms with E-state index >= 15 is 0 Å². The summed E-state index contributed by atoms with van der Waals surface area (Å²) in [6.45, 7) is 6.04. The third kappa shape index (κ3) is 3.89. The van der Waals surface area contributed by atoms with Gasteiger partial charge in [0.2, 0.25) is 0 Å². The summed E-state index contributed by atoms with van der Waals surface area (Å²) in [4.78, 5) is 3.85. The van der Waals surface area contributed by atoms with Crippen LogP contribution < -0.4 is 0 Å². The van der Waals surface area contributed by atoms with Gasteiger partial charge in [-0.3, -0.25) is 0 Å². The van der Waals surface area contributed by atoms with Crippen LogP contribution in [0.15, 0.2) is 18.2 Å². The van der Waals surface area contributed by atoms with Crippen molar-refractivity contribution in [3.63, 3.8) is 0 Å². The van der Waals surface area contributed by atoms with Crippen LogP contribution in [0.25, 0.3) is 0 Å². The number of rotatable bonds is 0. The molecule has 1 rings (SSSR count). The topological polar surface area (TPSA) is 12.9 Å². The summed E-state index contributed by atoms with van der Waals surface area (Å²) in [6.07, 6.45) is 1.79. The average molecular weight is 121 g/mol. The summed E-state index contributed by atoms with van der Waals surface area (Å²) < 4.78 is 0. The molecule has 0 aromatic carbocycles. The summed E-state index contributed by atoms with van der Waals surface area (Å²) in [5.41, 5.74) is 1.26. The van der Waals surface area contributed by atoms with Gasteiger partial charge in [-0.15, -0.1) is 0 Å².